The van der Waals surface area contributed by atoms with Crippen LogP contribution in [0.15, 0.2) is 28.7 Å². The third-order valence-corrected chi connectivity index (χ3v) is 3.23. The largest absolute Gasteiger partial charge is 0.396 e. The molecule has 3 heteroatoms. The molecule has 0 aliphatic heterocycles. The molecule has 0 saturated heterocycles. The fourth-order valence-electron chi connectivity index (χ4n) is 1.79. The monoisotopic (exact) mass is 286 g/mol. The summed E-state index contributed by atoms with van der Waals surface area (Å²) in [6.07, 6.45) is 1.98. The molecule has 1 N–H and O–H groups in total. The van der Waals surface area contributed by atoms with Crippen molar-refractivity contribution in [3.05, 3.63) is 34.3 Å². The average Bonchev–Trinajstić information content (AvgIpc) is 2.28. The first-order chi connectivity index (χ1) is 7.65. The van der Waals surface area contributed by atoms with Gasteiger partial charge in [0.25, 0.3) is 0 Å². The Bertz CT molecular complexity index is 315. The van der Waals surface area contributed by atoms with Gasteiger partial charge in [-0.25, -0.2) is 0 Å². The molecule has 2 atom stereocenters. The zero-order valence-electron chi connectivity index (χ0n) is 9.82. The number of halogens is 1. The summed E-state index contributed by atoms with van der Waals surface area (Å²) < 4.78 is 6.31. The number of hydrogen-bond acceptors (Lipinski definition) is 2. The van der Waals surface area contributed by atoms with Gasteiger partial charge in [0.05, 0.1) is 6.10 Å². The molecule has 2 unspecified atom stereocenters. The summed E-state index contributed by atoms with van der Waals surface area (Å²) in [6, 6.07) is 8.22. The normalized spacial score (nSPS) is 14.8. The molecule has 90 valence electrons. The SMILES string of the molecule is COC(C)CC(CO)Cc1cccc(Br)c1. The highest BCUT2D eigenvalue weighted by atomic mass is 79.9. The van der Waals surface area contributed by atoms with Crippen LogP contribution in [-0.2, 0) is 11.2 Å². The second kappa shape index (κ2) is 7.05. The Morgan fingerprint density at radius 1 is 1.44 bits per heavy atom. The van der Waals surface area contributed by atoms with Gasteiger partial charge < -0.3 is 9.84 Å². The average molecular weight is 287 g/mol. The zero-order valence-corrected chi connectivity index (χ0v) is 11.4. The lowest BCUT2D eigenvalue weighted by Crippen LogP contribution is -2.17. The maximum absolute atomic E-state index is 9.33. The summed E-state index contributed by atoms with van der Waals surface area (Å²) in [5.41, 5.74) is 1.25. The minimum atomic E-state index is 0.198. The van der Waals surface area contributed by atoms with Crippen molar-refractivity contribution in [1.29, 1.82) is 0 Å². The Hall–Kier alpha value is -0.380. The molecular formula is C13H19BrO2. The molecule has 1 aromatic carbocycles. The molecule has 0 amide bonds. The van der Waals surface area contributed by atoms with Crippen LogP contribution < -0.4 is 0 Å². The van der Waals surface area contributed by atoms with Crippen molar-refractivity contribution in [2.24, 2.45) is 5.92 Å². The first kappa shape index (κ1) is 13.7. The van der Waals surface area contributed by atoms with Gasteiger partial charge in [-0.3, -0.25) is 0 Å². The number of ether oxygens (including phenoxy) is 1. The van der Waals surface area contributed by atoms with Crippen molar-refractivity contribution in [3.8, 4) is 0 Å². The predicted octanol–water partition coefficient (Wildman–Crippen LogP) is 3.03. The molecular weight excluding hydrogens is 268 g/mol. The Morgan fingerprint density at radius 2 is 2.19 bits per heavy atom. The van der Waals surface area contributed by atoms with Crippen LogP contribution in [0.5, 0.6) is 0 Å². The van der Waals surface area contributed by atoms with E-state index in [0.717, 1.165) is 17.3 Å². The van der Waals surface area contributed by atoms with Crippen LogP contribution in [0.25, 0.3) is 0 Å². The molecule has 0 aliphatic carbocycles. The van der Waals surface area contributed by atoms with E-state index in [0.29, 0.717) is 0 Å². The Kier molecular flexibility index (Phi) is 6.03. The molecule has 2 nitrogen and oxygen atoms in total. The van der Waals surface area contributed by atoms with Gasteiger partial charge in [-0.05, 0) is 43.4 Å². The second-order valence-corrected chi connectivity index (χ2v) is 5.08. The summed E-state index contributed by atoms with van der Waals surface area (Å²) in [4.78, 5) is 0. The van der Waals surface area contributed by atoms with Crippen LogP contribution in [0, 0.1) is 5.92 Å². The van der Waals surface area contributed by atoms with Crippen LogP contribution in [0.4, 0.5) is 0 Å². The maximum atomic E-state index is 9.33. The summed E-state index contributed by atoms with van der Waals surface area (Å²) in [5, 5.41) is 9.33. The quantitative estimate of drug-likeness (QED) is 0.871. The molecule has 0 saturated carbocycles. The number of aliphatic hydroxyl groups excluding tert-OH is 1. The van der Waals surface area contributed by atoms with Crippen molar-refractivity contribution in [2.75, 3.05) is 13.7 Å². The van der Waals surface area contributed by atoms with Crippen molar-refractivity contribution >= 4 is 15.9 Å². The Labute approximate surface area is 106 Å². The summed E-state index contributed by atoms with van der Waals surface area (Å²) >= 11 is 3.45. The third-order valence-electron chi connectivity index (χ3n) is 2.74. The van der Waals surface area contributed by atoms with Crippen molar-refractivity contribution in [2.45, 2.75) is 25.9 Å². The molecule has 0 radical (unpaired) electrons. The maximum Gasteiger partial charge on any atom is 0.0546 e. The first-order valence-corrected chi connectivity index (χ1v) is 6.33. The van der Waals surface area contributed by atoms with E-state index in [4.69, 9.17) is 4.74 Å². The van der Waals surface area contributed by atoms with Gasteiger partial charge in [-0.1, -0.05) is 28.1 Å². The number of methoxy groups -OCH3 is 1. The standard InChI is InChI=1S/C13H19BrO2/c1-10(16-2)6-12(9-15)7-11-4-3-5-13(14)8-11/h3-5,8,10,12,15H,6-7,9H2,1-2H3. The first-order valence-electron chi connectivity index (χ1n) is 5.53. The third kappa shape index (κ3) is 4.64. The summed E-state index contributed by atoms with van der Waals surface area (Å²) in [6.45, 7) is 2.24. The number of hydrogen-bond donors (Lipinski definition) is 1. The fraction of sp³-hybridized carbons (Fsp3) is 0.538. The van der Waals surface area contributed by atoms with Crippen LogP contribution in [0.3, 0.4) is 0 Å². The molecule has 0 fully saturated rings. The van der Waals surface area contributed by atoms with Crippen LogP contribution in [0.1, 0.15) is 18.9 Å². The van der Waals surface area contributed by atoms with Crippen molar-refractivity contribution < 1.29 is 9.84 Å². The van der Waals surface area contributed by atoms with E-state index in [2.05, 4.69) is 28.1 Å². The molecule has 16 heavy (non-hydrogen) atoms. The van der Waals surface area contributed by atoms with Crippen molar-refractivity contribution in [1.82, 2.24) is 0 Å². The Morgan fingerprint density at radius 3 is 2.75 bits per heavy atom. The van der Waals surface area contributed by atoms with Gasteiger partial charge in [0.15, 0.2) is 0 Å². The lowest BCUT2D eigenvalue weighted by atomic mass is 9.95. The summed E-state index contributed by atoms with van der Waals surface area (Å²) in [5.74, 6) is 0.268. The molecule has 0 bridgehead atoms. The smallest absolute Gasteiger partial charge is 0.0546 e. The van der Waals surface area contributed by atoms with Gasteiger partial charge in [0.2, 0.25) is 0 Å². The molecule has 1 rings (SSSR count). The van der Waals surface area contributed by atoms with Gasteiger partial charge >= 0.3 is 0 Å². The van der Waals surface area contributed by atoms with Gasteiger partial charge in [0.1, 0.15) is 0 Å². The number of rotatable bonds is 6. The minimum Gasteiger partial charge on any atom is -0.396 e. The Balaban J connectivity index is 2.56. The van der Waals surface area contributed by atoms with Crippen LogP contribution in [-0.4, -0.2) is 24.9 Å². The van der Waals surface area contributed by atoms with E-state index in [1.807, 2.05) is 19.1 Å². The van der Waals surface area contributed by atoms with E-state index >= 15 is 0 Å². The molecule has 0 heterocycles. The topological polar surface area (TPSA) is 29.5 Å². The van der Waals surface area contributed by atoms with E-state index in [1.165, 1.54) is 5.56 Å². The van der Waals surface area contributed by atoms with E-state index in [-0.39, 0.29) is 18.6 Å². The van der Waals surface area contributed by atoms with E-state index in [9.17, 15) is 5.11 Å². The van der Waals surface area contributed by atoms with Gasteiger partial charge in [-0.15, -0.1) is 0 Å². The van der Waals surface area contributed by atoms with E-state index in [1.54, 1.807) is 7.11 Å². The highest BCUT2D eigenvalue weighted by Crippen LogP contribution is 2.18. The molecule has 0 aliphatic rings. The molecule has 1 aromatic rings. The molecule has 0 spiro atoms. The fourth-order valence-corrected chi connectivity index (χ4v) is 2.23. The van der Waals surface area contributed by atoms with E-state index < -0.39 is 0 Å². The highest BCUT2D eigenvalue weighted by molar-refractivity contribution is 9.10. The lowest BCUT2D eigenvalue weighted by Gasteiger charge is -2.18. The van der Waals surface area contributed by atoms with Crippen molar-refractivity contribution in [3.63, 3.8) is 0 Å². The van der Waals surface area contributed by atoms with Crippen LogP contribution in [0.2, 0.25) is 0 Å². The minimum absolute atomic E-state index is 0.198. The number of aliphatic hydroxyl groups is 1. The highest BCUT2D eigenvalue weighted by Gasteiger charge is 2.12. The molecule has 0 aromatic heterocycles. The van der Waals surface area contributed by atoms with Gasteiger partial charge in [-0.2, -0.15) is 0 Å². The second-order valence-electron chi connectivity index (χ2n) is 4.16. The number of benzene rings is 1. The van der Waals surface area contributed by atoms with Gasteiger partial charge in [0, 0.05) is 18.2 Å². The van der Waals surface area contributed by atoms with Crippen LogP contribution >= 0.6 is 15.9 Å². The zero-order chi connectivity index (χ0) is 12.0. The lowest BCUT2D eigenvalue weighted by molar-refractivity contribution is 0.0806. The summed E-state index contributed by atoms with van der Waals surface area (Å²) in [7, 11) is 1.71. The predicted molar refractivity (Wildman–Crippen MR) is 69.5 cm³/mol.